The van der Waals surface area contributed by atoms with E-state index in [2.05, 4.69) is 6.92 Å². The number of nitrogens with zero attached hydrogens (tertiary/aromatic N) is 3. The summed E-state index contributed by atoms with van der Waals surface area (Å²) in [5, 5.41) is 0.610. The van der Waals surface area contributed by atoms with E-state index in [1.165, 1.54) is 0 Å². The van der Waals surface area contributed by atoms with Gasteiger partial charge in [-0.2, -0.15) is 0 Å². The number of rotatable bonds is 10. The van der Waals surface area contributed by atoms with Gasteiger partial charge >= 0.3 is 0 Å². The van der Waals surface area contributed by atoms with Crippen molar-refractivity contribution in [3.63, 3.8) is 0 Å². The number of hydrogen-bond acceptors (Lipinski definition) is 4. The van der Waals surface area contributed by atoms with Gasteiger partial charge in [0.2, 0.25) is 5.91 Å². The van der Waals surface area contributed by atoms with E-state index in [0.717, 1.165) is 19.3 Å². The molecule has 1 heterocycles. The van der Waals surface area contributed by atoms with Crippen LogP contribution in [-0.2, 0) is 16.1 Å². The van der Waals surface area contributed by atoms with Crippen molar-refractivity contribution in [2.45, 2.75) is 59.0 Å². The van der Waals surface area contributed by atoms with Crippen molar-refractivity contribution < 1.29 is 9.53 Å². The van der Waals surface area contributed by atoms with Crippen LogP contribution < -0.4 is 5.56 Å². The van der Waals surface area contributed by atoms with Gasteiger partial charge in [-0.05, 0) is 38.8 Å². The van der Waals surface area contributed by atoms with E-state index in [0.29, 0.717) is 42.8 Å². The van der Waals surface area contributed by atoms with Gasteiger partial charge in [-0.1, -0.05) is 25.5 Å². The van der Waals surface area contributed by atoms with Crippen LogP contribution in [0.25, 0.3) is 10.9 Å². The molecule has 0 saturated carbocycles. The van der Waals surface area contributed by atoms with Crippen molar-refractivity contribution >= 4 is 16.8 Å². The molecular weight excluding hydrogens is 342 g/mol. The summed E-state index contributed by atoms with van der Waals surface area (Å²) in [6.45, 7) is 7.67. The molecule has 1 atom stereocenters. The highest BCUT2D eigenvalue weighted by Gasteiger charge is 2.25. The number of benzene rings is 1. The van der Waals surface area contributed by atoms with Gasteiger partial charge in [-0.3, -0.25) is 14.2 Å². The van der Waals surface area contributed by atoms with Gasteiger partial charge in [-0.25, -0.2) is 4.98 Å². The maximum Gasteiger partial charge on any atom is 0.261 e. The van der Waals surface area contributed by atoms with Gasteiger partial charge in [0, 0.05) is 33.2 Å². The van der Waals surface area contributed by atoms with Crippen molar-refractivity contribution in [3.05, 3.63) is 40.4 Å². The zero-order valence-electron chi connectivity index (χ0n) is 16.9. The Morgan fingerprint density at radius 2 is 2.00 bits per heavy atom. The molecule has 0 aliphatic heterocycles. The third-order valence-corrected chi connectivity index (χ3v) is 4.86. The molecule has 0 radical (unpaired) electrons. The smallest absolute Gasteiger partial charge is 0.261 e. The Labute approximate surface area is 161 Å². The van der Waals surface area contributed by atoms with E-state index in [1.54, 1.807) is 17.7 Å². The minimum Gasteiger partial charge on any atom is -0.385 e. The lowest BCUT2D eigenvalue weighted by atomic mass is 10.1. The molecule has 2 rings (SSSR count). The van der Waals surface area contributed by atoms with Crippen LogP contribution >= 0.6 is 0 Å². The standard InChI is InChI=1S/C21H31N3O3/c1-5-7-13-19(25)24(14-10-15-27-4)16(3)20-22-18-12-9-8-11-17(18)21(26)23(20)6-2/h8-9,11-12,16H,5-7,10,13-15H2,1-4H3. The number of para-hydroxylation sites is 1. The number of ether oxygens (including phenoxy) is 1. The number of hydrogen-bond donors (Lipinski definition) is 0. The molecule has 0 bridgehead atoms. The topological polar surface area (TPSA) is 64.4 Å². The zero-order valence-corrected chi connectivity index (χ0v) is 16.9. The van der Waals surface area contributed by atoms with Gasteiger partial charge in [0.1, 0.15) is 5.82 Å². The van der Waals surface area contributed by atoms with Gasteiger partial charge < -0.3 is 9.64 Å². The molecule has 1 unspecified atom stereocenters. The summed E-state index contributed by atoms with van der Waals surface area (Å²) in [5.74, 6) is 0.744. The van der Waals surface area contributed by atoms with Crippen LogP contribution in [0.15, 0.2) is 29.1 Å². The molecule has 1 aromatic heterocycles. The molecular formula is C21H31N3O3. The highest BCUT2D eigenvalue weighted by atomic mass is 16.5. The fraction of sp³-hybridized carbons (Fsp3) is 0.571. The van der Waals surface area contributed by atoms with Gasteiger partial charge in [-0.15, -0.1) is 0 Å². The minimum absolute atomic E-state index is 0.0530. The number of aromatic nitrogens is 2. The first kappa shape index (κ1) is 21.1. The third kappa shape index (κ3) is 4.95. The van der Waals surface area contributed by atoms with E-state index in [4.69, 9.17) is 9.72 Å². The number of unbranched alkanes of at least 4 members (excludes halogenated alkanes) is 1. The summed E-state index contributed by atoms with van der Waals surface area (Å²) < 4.78 is 6.84. The minimum atomic E-state index is -0.275. The third-order valence-electron chi connectivity index (χ3n) is 4.86. The van der Waals surface area contributed by atoms with E-state index in [1.807, 2.05) is 36.9 Å². The summed E-state index contributed by atoms with van der Waals surface area (Å²) >= 11 is 0. The van der Waals surface area contributed by atoms with Crippen LogP contribution in [-0.4, -0.2) is 40.6 Å². The molecule has 0 aliphatic rings. The first-order chi connectivity index (χ1) is 13.0. The second-order valence-corrected chi connectivity index (χ2v) is 6.75. The lowest BCUT2D eigenvalue weighted by Gasteiger charge is -2.30. The Hall–Kier alpha value is -2.21. The maximum atomic E-state index is 12.9. The van der Waals surface area contributed by atoms with Crippen molar-refractivity contribution in [1.82, 2.24) is 14.5 Å². The van der Waals surface area contributed by atoms with Crippen LogP contribution in [0.1, 0.15) is 58.3 Å². The first-order valence-electron chi connectivity index (χ1n) is 9.83. The molecule has 6 heteroatoms. The molecule has 1 aromatic carbocycles. The van der Waals surface area contributed by atoms with Crippen molar-refractivity contribution in [2.75, 3.05) is 20.3 Å². The number of carbonyl (C=O) groups is 1. The van der Waals surface area contributed by atoms with E-state index < -0.39 is 0 Å². The second kappa shape index (κ2) is 10.2. The lowest BCUT2D eigenvalue weighted by molar-refractivity contribution is -0.134. The quantitative estimate of drug-likeness (QED) is 0.598. The van der Waals surface area contributed by atoms with Gasteiger partial charge in [0.05, 0.1) is 16.9 Å². The zero-order chi connectivity index (χ0) is 19.8. The molecule has 0 spiro atoms. The predicted octanol–water partition coefficient (Wildman–Crippen LogP) is 3.53. The van der Waals surface area contributed by atoms with E-state index in [9.17, 15) is 9.59 Å². The Kier molecular flexibility index (Phi) is 7.98. The maximum absolute atomic E-state index is 12.9. The molecule has 1 amide bonds. The summed E-state index contributed by atoms with van der Waals surface area (Å²) in [6.07, 6.45) is 3.10. The Morgan fingerprint density at radius 1 is 1.26 bits per heavy atom. The van der Waals surface area contributed by atoms with Crippen LogP contribution in [0.4, 0.5) is 0 Å². The summed E-state index contributed by atoms with van der Waals surface area (Å²) in [7, 11) is 1.66. The van der Waals surface area contributed by atoms with Crippen LogP contribution in [0.3, 0.4) is 0 Å². The van der Waals surface area contributed by atoms with Crippen molar-refractivity contribution in [2.24, 2.45) is 0 Å². The number of amides is 1. The number of fused-ring (bicyclic) bond motifs is 1. The molecule has 2 aromatic rings. The molecule has 0 aliphatic carbocycles. The Bertz CT molecular complexity index is 816. The Balaban J connectivity index is 2.44. The average Bonchev–Trinajstić information content (AvgIpc) is 2.69. The number of methoxy groups -OCH3 is 1. The molecule has 27 heavy (non-hydrogen) atoms. The molecule has 148 valence electrons. The van der Waals surface area contributed by atoms with Crippen LogP contribution in [0.2, 0.25) is 0 Å². The molecule has 0 N–H and O–H groups in total. The summed E-state index contributed by atoms with van der Waals surface area (Å²) in [4.78, 5) is 32.3. The fourth-order valence-electron chi connectivity index (χ4n) is 3.33. The van der Waals surface area contributed by atoms with Crippen molar-refractivity contribution in [1.29, 1.82) is 0 Å². The fourth-order valence-corrected chi connectivity index (χ4v) is 3.33. The first-order valence-corrected chi connectivity index (χ1v) is 9.83. The van der Waals surface area contributed by atoms with Crippen LogP contribution in [0.5, 0.6) is 0 Å². The van der Waals surface area contributed by atoms with Gasteiger partial charge in [0.25, 0.3) is 5.56 Å². The van der Waals surface area contributed by atoms with Gasteiger partial charge in [0.15, 0.2) is 0 Å². The average molecular weight is 373 g/mol. The highest BCUT2D eigenvalue weighted by Crippen LogP contribution is 2.22. The van der Waals surface area contributed by atoms with E-state index in [-0.39, 0.29) is 17.5 Å². The normalized spacial score (nSPS) is 12.3. The second-order valence-electron chi connectivity index (χ2n) is 6.75. The largest absolute Gasteiger partial charge is 0.385 e. The monoisotopic (exact) mass is 373 g/mol. The van der Waals surface area contributed by atoms with Crippen molar-refractivity contribution in [3.8, 4) is 0 Å². The molecule has 0 fully saturated rings. The molecule has 0 saturated heterocycles. The van der Waals surface area contributed by atoms with E-state index >= 15 is 0 Å². The predicted molar refractivity (Wildman–Crippen MR) is 108 cm³/mol. The molecule has 6 nitrogen and oxygen atoms in total. The highest BCUT2D eigenvalue weighted by molar-refractivity contribution is 5.78. The summed E-state index contributed by atoms with van der Waals surface area (Å²) in [5.41, 5.74) is 0.620. The SMILES string of the molecule is CCCCC(=O)N(CCCOC)C(C)c1nc2ccccc2c(=O)n1CC. The Morgan fingerprint density at radius 3 is 2.67 bits per heavy atom. The lowest BCUT2D eigenvalue weighted by Crippen LogP contribution is -2.38. The summed E-state index contributed by atoms with van der Waals surface area (Å²) in [6, 6.07) is 7.10. The van der Waals surface area contributed by atoms with Crippen LogP contribution in [0, 0.1) is 0 Å². The number of carbonyl (C=O) groups excluding carboxylic acids is 1.